The van der Waals surface area contributed by atoms with Gasteiger partial charge in [-0.05, 0) is 20.4 Å². The van der Waals surface area contributed by atoms with Gasteiger partial charge in [0.2, 0.25) is 0 Å². The topological polar surface area (TPSA) is 24.9 Å². The van der Waals surface area contributed by atoms with Crippen LogP contribution >= 0.6 is 11.3 Å². The molecule has 0 fully saturated rings. The van der Waals surface area contributed by atoms with Crippen LogP contribution in [-0.2, 0) is 5.41 Å². The molecule has 86 valence electrons. The zero-order valence-electron chi connectivity index (χ0n) is 10.6. The average Bonchev–Trinajstić information content (AvgIpc) is 2.47. The predicted octanol–water partition coefficient (Wildman–Crippen LogP) is 3.42. The Balaban J connectivity index is 2.96. The van der Waals surface area contributed by atoms with Crippen LogP contribution in [-0.4, -0.2) is 11.5 Å². The van der Waals surface area contributed by atoms with E-state index in [0.29, 0.717) is 6.04 Å². The van der Waals surface area contributed by atoms with Crippen LogP contribution in [0.25, 0.3) is 0 Å². The Morgan fingerprint density at radius 3 is 2.40 bits per heavy atom. The summed E-state index contributed by atoms with van der Waals surface area (Å²) in [5, 5.41) is 4.67. The standard InChI is InChI=1S/C12H22N2S/c1-7-13-8(2)10-9(3)14-11(15-10)12(4,5)6/h8,13H,7H2,1-6H3. The largest absolute Gasteiger partial charge is 0.310 e. The lowest BCUT2D eigenvalue weighted by molar-refractivity contribution is 0.583. The van der Waals surface area contributed by atoms with Gasteiger partial charge in [0, 0.05) is 16.3 Å². The molecule has 1 rings (SSSR count). The molecule has 0 radical (unpaired) electrons. The smallest absolute Gasteiger partial charge is 0.0985 e. The molecule has 1 N–H and O–H groups in total. The highest BCUT2D eigenvalue weighted by atomic mass is 32.1. The van der Waals surface area contributed by atoms with Crippen molar-refractivity contribution in [2.75, 3.05) is 6.54 Å². The summed E-state index contributed by atoms with van der Waals surface area (Å²) >= 11 is 1.84. The Hall–Kier alpha value is -0.410. The van der Waals surface area contributed by atoms with Gasteiger partial charge >= 0.3 is 0 Å². The van der Waals surface area contributed by atoms with Crippen molar-refractivity contribution in [3.05, 3.63) is 15.6 Å². The maximum absolute atomic E-state index is 4.66. The third-order valence-corrected chi connectivity index (χ3v) is 4.14. The molecule has 1 atom stereocenters. The van der Waals surface area contributed by atoms with E-state index < -0.39 is 0 Å². The van der Waals surface area contributed by atoms with Crippen LogP contribution in [0.3, 0.4) is 0 Å². The number of hydrogen-bond acceptors (Lipinski definition) is 3. The fourth-order valence-electron chi connectivity index (χ4n) is 1.53. The quantitative estimate of drug-likeness (QED) is 0.854. The third-order valence-electron chi connectivity index (χ3n) is 2.38. The van der Waals surface area contributed by atoms with Gasteiger partial charge in [0.1, 0.15) is 0 Å². The highest BCUT2D eigenvalue weighted by Gasteiger charge is 2.21. The van der Waals surface area contributed by atoms with Gasteiger partial charge in [-0.3, -0.25) is 0 Å². The van der Waals surface area contributed by atoms with Gasteiger partial charge < -0.3 is 5.32 Å². The van der Waals surface area contributed by atoms with E-state index in [1.807, 2.05) is 11.3 Å². The molecule has 0 aliphatic heterocycles. The highest BCUT2D eigenvalue weighted by Crippen LogP contribution is 2.32. The molecule has 0 aliphatic rings. The first-order valence-corrected chi connectivity index (χ1v) is 6.39. The minimum atomic E-state index is 0.166. The second-order valence-electron chi connectivity index (χ2n) is 5.00. The molecule has 0 saturated heterocycles. The first-order chi connectivity index (χ1) is 6.86. The number of aromatic nitrogens is 1. The summed E-state index contributed by atoms with van der Waals surface area (Å²) in [7, 11) is 0. The number of hydrogen-bond donors (Lipinski definition) is 1. The SMILES string of the molecule is CCNC(C)c1sc(C(C)(C)C)nc1C. The maximum Gasteiger partial charge on any atom is 0.0985 e. The van der Waals surface area contributed by atoms with Crippen molar-refractivity contribution in [3.63, 3.8) is 0 Å². The predicted molar refractivity (Wildman–Crippen MR) is 67.6 cm³/mol. The number of nitrogens with zero attached hydrogens (tertiary/aromatic N) is 1. The normalized spacial score (nSPS) is 14.3. The van der Waals surface area contributed by atoms with E-state index >= 15 is 0 Å². The summed E-state index contributed by atoms with van der Waals surface area (Å²) in [6, 6.07) is 0.420. The Morgan fingerprint density at radius 2 is 2.00 bits per heavy atom. The Labute approximate surface area is 97.1 Å². The van der Waals surface area contributed by atoms with Crippen molar-refractivity contribution in [2.24, 2.45) is 0 Å². The molecule has 15 heavy (non-hydrogen) atoms. The van der Waals surface area contributed by atoms with Gasteiger partial charge in [0.25, 0.3) is 0 Å². The molecule has 1 heterocycles. The van der Waals surface area contributed by atoms with Gasteiger partial charge in [-0.1, -0.05) is 27.7 Å². The summed E-state index contributed by atoms with van der Waals surface area (Å²) in [4.78, 5) is 6.04. The van der Waals surface area contributed by atoms with Gasteiger partial charge in [-0.25, -0.2) is 4.98 Å². The summed E-state index contributed by atoms with van der Waals surface area (Å²) in [6.45, 7) is 14.1. The number of rotatable bonds is 3. The molecule has 0 aromatic carbocycles. The molecule has 1 unspecified atom stereocenters. The van der Waals surface area contributed by atoms with Gasteiger partial charge in [0.15, 0.2) is 0 Å². The minimum absolute atomic E-state index is 0.166. The minimum Gasteiger partial charge on any atom is -0.310 e. The maximum atomic E-state index is 4.66. The molecule has 2 nitrogen and oxygen atoms in total. The Morgan fingerprint density at radius 1 is 1.40 bits per heavy atom. The van der Waals surface area contributed by atoms with Gasteiger partial charge in [-0.2, -0.15) is 0 Å². The van der Waals surface area contributed by atoms with E-state index in [2.05, 4.69) is 51.8 Å². The van der Waals surface area contributed by atoms with Crippen LogP contribution < -0.4 is 5.32 Å². The Bertz CT molecular complexity index is 323. The summed E-state index contributed by atoms with van der Waals surface area (Å²) < 4.78 is 0. The summed E-state index contributed by atoms with van der Waals surface area (Å²) in [5.74, 6) is 0. The lowest BCUT2D eigenvalue weighted by Crippen LogP contribution is -2.17. The Kier molecular flexibility index (Phi) is 3.90. The van der Waals surface area contributed by atoms with Crippen molar-refractivity contribution in [2.45, 2.75) is 53.0 Å². The van der Waals surface area contributed by atoms with Crippen LogP contribution in [0.2, 0.25) is 0 Å². The first-order valence-electron chi connectivity index (χ1n) is 5.57. The fourth-order valence-corrected chi connectivity index (χ4v) is 2.68. The van der Waals surface area contributed by atoms with E-state index in [0.717, 1.165) is 6.54 Å². The second-order valence-corrected chi connectivity index (χ2v) is 6.03. The van der Waals surface area contributed by atoms with Crippen LogP contribution in [0, 0.1) is 6.92 Å². The molecule has 0 saturated carbocycles. The van der Waals surface area contributed by atoms with Crippen molar-refractivity contribution in [1.29, 1.82) is 0 Å². The van der Waals surface area contributed by atoms with E-state index in [1.165, 1.54) is 15.6 Å². The van der Waals surface area contributed by atoms with Gasteiger partial charge in [0.05, 0.1) is 10.7 Å². The van der Waals surface area contributed by atoms with Crippen molar-refractivity contribution in [1.82, 2.24) is 10.3 Å². The molecule has 1 aromatic heterocycles. The van der Waals surface area contributed by atoms with Crippen molar-refractivity contribution >= 4 is 11.3 Å². The third kappa shape index (κ3) is 3.02. The molecular formula is C12H22N2S. The van der Waals surface area contributed by atoms with E-state index in [1.54, 1.807) is 0 Å². The molecule has 0 bridgehead atoms. The number of thiazole rings is 1. The molecule has 0 spiro atoms. The van der Waals surface area contributed by atoms with E-state index in [4.69, 9.17) is 0 Å². The summed E-state index contributed by atoms with van der Waals surface area (Å²) in [6.07, 6.45) is 0. The molecular weight excluding hydrogens is 204 g/mol. The monoisotopic (exact) mass is 226 g/mol. The molecule has 0 aliphatic carbocycles. The van der Waals surface area contributed by atoms with E-state index in [9.17, 15) is 0 Å². The summed E-state index contributed by atoms with van der Waals surface area (Å²) in [5.41, 5.74) is 1.35. The lowest BCUT2D eigenvalue weighted by atomic mass is 9.98. The van der Waals surface area contributed by atoms with Crippen LogP contribution in [0.5, 0.6) is 0 Å². The van der Waals surface area contributed by atoms with Gasteiger partial charge in [-0.15, -0.1) is 11.3 Å². The molecule has 3 heteroatoms. The fraction of sp³-hybridized carbons (Fsp3) is 0.750. The first kappa shape index (κ1) is 12.7. The van der Waals surface area contributed by atoms with E-state index in [-0.39, 0.29) is 5.41 Å². The van der Waals surface area contributed by atoms with Crippen LogP contribution in [0.1, 0.15) is 56.2 Å². The number of aryl methyl sites for hydroxylation is 1. The van der Waals surface area contributed by atoms with Crippen molar-refractivity contribution in [3.8, 4) is 0 Å². The zero-order valence-corrected chi connectivity index (χ0v) is 11.5. The molecule has 1 aromatic rings. The average molecular weight is 226 g/mol. The highest BCUT2D eigenvalue weighted by molar-refractivity contribution is 7.12. The molecule has 0 amide bonds. The zero-order chi connectivity index (χ0) is 11.6. The second kappa shape index (κ2) is 4.62. The van der Waals surface area contributed by atoms with Crippen molar-refractivity contribution < 1.29 is 0 Å². The lowest BCUT2D eigenvalue weighted by Gasteiger charge is -2.14. The van der Waals surface area contributed by atoms with Crippen LogP contribution in [0.15, 0.2) is 0 Å². The number of nitrogens with one attached hydrogen (secondary N) is 1. The van der Waals surface area contributed by atoms with Crippen LogP contribution in [0.4, 0.5) is 0 Å².